The smallest absolute Gasteiger partial charge is 0.0412 e. The fourth-order valence-electron chi connectivity index (χ4n) is 2.93. The maximum Gasteiger partial charge on any atom is 0.0412 e. The first-order chi connectivity index (χ1) is 7.64. The maximum atomic E-state index is 6.56. The van der Waals surface area contributed by atoms with Crippen LogP contribution in [0.1, 0.15) is 50.7 Å². The number of nitrogens with two attached hydrogens (primary N) is 1. The SMILES string of the molecule is CCc1ccc(C2(N)CCCC(C)C2)cc1. The van der Waals surface area contributed by atoms with Crippen LogP contribution in [0, 0.1) is 5.92 Å². The lowest BCUT2D eigenvalue weighted by atomic mass is 9.73. The zero-order valence-electron chi connectivity index (χ0n) is 10.5. The third-order valence-corrected chi connectivity index (χ3v) is 3.97. The molecule has 1 fully saturated rings. The Kier molecular flexibility index (Phi) is 3.34. The van der Waals surface area contributed by atoms with Crippen LogP contribution in [-0.2, 0) is 12.0 Å². The van der Waals surface area contributed by atoms with Crippen molar-refractivity contribution in [2.75, 3.05) is 0 Å². The summed E-state index contributed by atoms with van der Waals surface area (Å²) >= 11 is 0. The molecule has 1 saturated carbocycles. The van der Waals surface area contributed by atoms with Crippen LogP contribution in [0.25, 0.3) is 0 Å². The Morgan fingerprint density at radius 2 is 2.00 bits per heavy atom. The van der Waals surface area contributed by atoms with Crippen molar-refractivity contribution in [2.45, 2.75) is 51.5 Å². The largest absolute Gasteiger partial charge is 0.321 e. The molecular formula is C15H23N. The van der Waals surface area contributed by atoms with Gasteiger partial charge in [-0.15, -0.1) is 0 Å². The van der Waals surface area contributed by atoms with E-state index in [0.29, 0.717) is 0 Å². The van der Waals surface area contributed by atoms with Crippen LogP contribution >= 0.6 is 0 Å². The lowest BCUT2D eigenvalue weighted by Gasteiger charge is -2.37. The molecule has 0 saturated heterocycles. The van der Waals surface area contributed by atoms with Crippen molar-refractivity contribution in [3.05, 3.63) is 35.4 Å². The van der Waals surface area contributed by atoms with E-state index >= 15 is 0 Å². The van der Waals surface area contributed by atoms with Gasteiger partial charge in [0.05, 0.1) is 0 Å². The minimum absolute atomic E-state index is 0.0655. The van der Waals surface area contributed by atoms with E-state index in [1.807, 2.05) is 0 Å². The average Bonchev–Trinajstić information content (AvgIpc) is 2.29. The van der Waals surface area contributed by atoms with Crippen molar-refractivity contribution in [1.82, 2.24) is 0 Å². The highest BCUT2D eigenvalue weighted by molar-refractivity contribution is 5.28. The summed E-state index contributed by atoms with van der Waals surface area (Å²) in [5.74, 6) is 0.768. The molecule has 1 aliphatic carbocycles. The van der Waals surface area contributed by atoms with Gasteiger partial charge in [-0.25, -0.2) is 0 Å². The molecule has 16 heavy (non-hydrogen) atoms. The van der Waals surface area contributed by atoms with Gasteiger partial charge in [0.1, 0.15) is 0 Å². The fraction of sp³-hybridized carbons (Fsp3) is 0.600. The summed E-state index contributed by atoms with van der Waals surface area (Å²) in [6.07, 6.45) is 5.99. The molecule has 88 valence electrons. The van der Waals surface area contributed by atoms with Crippen LogP contribution in [0.5, 0.6) is 0 Å². The van der Waals surface area contributed by atoms with Gasteiger partial charge in [0, 0.05) is 5.54 Å². The van der Waals surface area contributed by atoms with Gasteiger partial charge in [0.2, 0.25) is 0 Å². The summed E-state index contributed by atoms with van der Waals surface area (Å²) in [5, 5.41) is 0. The lowest BCUT2D eigenvalue weighted by molar-refractivity contribution is 0.239. The molecular weight excluding hydrogens is 194 g/mol. The van der Waals surface area contributed by atoms with Crippen LogP contribution in [0.4, 0.5) is 0 Å². The molecule has 0 radical (unpaired) electrons. The molecule has 2 atom stereocenters. The van der Waals surface area contributed by atoms with Gasteiger partial charge in [-0.05, 0) is 36.3 Å². The van der Waals surface area contributed by atoms with Crippen molar-refractivity contribution in [3.8, 4) is 0 Å². The maximum absolute atomic E-state index is 6.56. The van der Waals surface area contributed by atoms with Gasteiger partial charge in [-0.1, -0.05) is 51.0 Å². The fourth-order valence-corrected chi connectivity index (χ4v) is 2.93. The standard InChI is InChI=1S/C15H23N/c1-3-13-6-8-14(9-7-13)15(16)10-4-5-12(2)11-15/h6-9,12H,3-5,10-11,16H2,1-2H3. The van der Waals surface area contributed by atoms with E-state index in [0.717, 1.165) is 25.2 Å². The molecule has 0 bridgehead atoms. The molecule has 2 unspecified atom stereocenters. The molecule has 2 rings (SSSR count). The predicted octanol–water partition coefficient (Wildman–Crippen LogP) is 3.61. The molecule has 1 nitrogen and oxygen atoms in total. The molecule has 1 aromatic rings. The summed E-state index contributed by atoms with van der Waals surface area (Å²) < 4.78 is 0. The van der Waals surface area contributed by atoms with Crippen LogP contribution in [0.3, 0.4) is 0 Å². The van der Waals surface area contributed by atoms with E-state index in [4.69, 9.17) is 5.73 Å². The Labute approximate surface area is 99.0 Å². The second kappa shape index (κ2) is 4.58. The minimum Gasteiger partial charge on any atom is -0.321 e. The van der Waals surface area contributed by atoms with Crippen molar-refractivity contribution in [1.29, 1.82) is 0 Å². The third kappa shape index (κ3) is 2.30. The van der Waals surface area contributed by atoms with Crippen LogP contribution < -0.4 is 5.73 Å². The van der Waals surface area contributed by atoms with E-state index in [1.165, 1.54) is 24.0 Å². The molecule has 0 amide bonds. The van der Waals surface area contributed by atoms with Crippen LogP contribution in [0.2, 0.25) is 0 Å². The quantitative estimate of drug-likeness (QED) is 0.804. The Hall–Kier alpha value is -0.820. The van der Waals surface area contributed by atoms with Crippen LogP contribution in [-0.4, -0.2) is 0 Å². The Bertz CT molecular complexity index is 341. The van der Waals surface area contributed by atoms with Crippen molar-refractivity contribution in [2.24, 2.45) is 11.7 Å². The molecule has 1 heteroatoms. The molecule has 1 aromatic carbocycles. The number of aryl methyl sites for hydroxylation is 1. The normalized spacial score (nSPS) is 30.3. The van der Waals surface area contributed by atoms with E-state index in [2.05, 4.69) is 38.1 Å². The second-order valence-corrected chi connectivity index (χ2v) is 5.41. The Balaban J connectivity index is 2.20. The molecule has 0 aromatic heterocycles. The Morgan fingerprint density at radius 3 is 2.56 bits per heavy atom. The lowest BCUT2D eigenvalue weighted by Crippen LogP contribution is -2.40. The van der Waals surface area contributed by atoms with E-state index in [9.17, 15) is 0 Å². The third-order valence-electron chi connectivity index (χ3n) is 3.97. The van der Waals surface area contributed by atoms with E-state index in [1.54, 1.807) is 0 Å². The summed E-state index contributed by atoms with van der Waals surface area (Å²) in [6.45, 7) is 4.51. The summed E-state index contributed by atoms with van der Waals surface area (Å²) in [7, 11) is 0. The average molecular weight is 217 g/mol. The molecule has 1 aliphatic rings. The first-order valence-electron chi connectivity index (χ1n) is 6.52. The van der Waals surface area contributed by atoms with Crippen molar-refractivity contribution >= 4 is 0 Å². The molecule has 0 heterocycles. The number of hydrogen-bond donors (Lipinski definition) is 1. The first-order valence-corrected chi connectivity index (χ1v) is 6.52. The summed E-state index contributed by atoms with van der Waals surface area (Å²) in [5.41, 5.74) is 9.23. The van der Waals surface area contributed by atoms with Crippen molar-refractivity contribution in [3.63, 3.8) is 0 Å². The topological polar surface area (TPSA) is 26.0 Å². The zero-order valence-corrected chi connectivity index (χ0v) is 10.5. The predicted molar refractivity (Wildman–Crippen MR) is 69.3 cm³/mol. The van der Waals surface area contributed by atoms with Gasteiger partial charge in [0.25, 0.3) is 0 Å². The summed E-state index contributed by atoms with van der Waals surface area (Å²) in [4.78, 5) is 0. The second-order valence-electron chi connectivity index (χ2n) is 5.41. The van der Waals surface area contributed by atoms with Gasteiger partial charge in [0.15, 0.2) is 0 Å². The van der Waals surface area contributed by atoms with Crippen molar-refractivity contribution < 1.29 is 0 Å². The molecule has 2 N–H and O–H groups in total. The van der Waals surface area contributed by atoms with Gasteiger partial charge < -0.3 is 5.73 Å². The van der Waals surface area contributed by atoms with Gasteiger partial charge in [-0.3, -0.25) is 0 Å². The van der Waals surface area contributed by atoms with E-state index in [-0.39, 0.29) is 5.54 Å². The zero-order chi connectivity index (χ0) is 11.6. The molecule has 0 spiro atoms. The Morgan fingerprint density at radius 1 is 1.31 bits per heavy atom. The van der Waals surface area contributed by atoms with Gasteiger partial charge in [-0.2, -0.15) is 0 Å². The first kappa shape index (κ1) is 11.7. The highest BCUT2D eigenvalue weighted by Gasteiger charge is 2.32. The number of rotatable bonds is 2. The van der Waals surface area contributed by atoms with E-state index < -0.39 is 0 Å². The monoisotopic (exact) mass is 217 g/mol. The van der Waals surface area contributed by atoms with Gasteiger partial charge >= 0.3 is 0 Å². The summed E-state index contributed by atoms with van der Waals surface area (Å²) in [6, 6.07) is 8.92. The highest BCUT2D eigenvalue weighted by atomic mass is 14.7. The number of benzene rings is 1. The minimum atomic E-state index is -0.0655. The molecule has 0 aliphatic heterocycles. The number of hydrogen-bond acceptors (Lipinski definition) is 1. The van der Waals surface area contributed by atoms with Crippen LogP contribution in [0.15, 0.2) is 24.3 Å². The highest BCUT2D eigenvalue weighted by Crippen LogP contribution is 2.37.